The van der Waals surface area contributed by atoms with E-state index in [1.54, 1.807) is 0 Å². The van der Waals surface area contributed by atoms with Gasteiger partial charge in [0.15, 0.2) is 0 Å². The highest BCUT2D eigenvalue weighted by Crippen LogP contribution is 2.31. The monoisotopic (exact) mass is 464 g/mol. The van der Waals surface area contributed by atoms with Crippen LogP contribution in [0.15, 0.2) is 0 Å². The van der Waals surface area contributed by atoms with Crippen molar-refractivity contribution in [2.24, 2.45) is 11.8 Å². The lowest BCUT2D eigenvalue weighted by Crippen LogP contribution is -2.27. The standard InChI is InChI=1S/C17H36S7/c18-7-3-1-5-15(22)9-13(11-20)17(24)10-14(12-21)16(23)6-2-4-8-19/h13-24H,1-12H2. The Kier molecular flexibility index (Phi) is 19.3. The zero-order valence-electron chi connectivity index (χ0n) is 14.5. The van der Waals surface area contributed by atoms with Gasteiger partial charge < -0.3 is 0 Å². The van der Waals surface area contributed by atoms with Crippen LogP contribution in [0.1, 0.15) is 51.4 Å². The summed E-state index contributed by atoms with van der Waals surface area (Å²) >= 11 is 32.2. The molecule has 146 valence electrons. The van der Waals surface area contributed by atoms with E-state index < -0.39 is 0 Å². The zero-order chi connectivity index (χ0) is 18.4. The lowest BCUT2D eigenvalue weighted by Gasteiger charge is -2.30. The summed E-state index contributed by atoms with van der Waals surface area (Å²) in [5.41, 5.74) is 0. The maximum absolute atomic E-state index is 4.91. The van der Waals surface area contributed by atoms with Gasteiger partial charge in [0.05, 0.1) is 0 Å². The van der Waals surface area contributed by atoms with E-state index in [2.05, 4.69) is 50.5 Å². The molecule has 0 saturated carbocycles. The summed E-state index contributed by atoms with van der Waals surface area (Å²) in [5.74, 6) is 4.66. The first-order valence-electron chi connectivity index (χ1n) is 8.97. The van der Waals surface area contributed by atoms with Gasteiger partial charge in [-0.2, -0.15) is 88.4 Å². The molecule has 0 rings (SSSR count). The molecule has 5 atom stereocenters. The van der Waals surface area contributed by atoms with Crippen molar-refractivity contribution in [1.82, 2.24) is 0 Å². The Morgan fingerprint density at radius 2 is 1.04 bits per heavy atom. The van der Waals surface area contributed by atoms with Gasteiger partial charge in [-0.1, -0.05) is 12.8 Å². The summed E-state index contributed by atoms with van der Waals surface area (Å²) in [6.07, 6.45) is 9.18. The van der Waals surface area contributed by atoms with Crippen LogP contribution in [0.3, 0.4) is 0 Å². The fourth-order valence-corrected chi connectivity index (χ4v) is 5.82. The third-order valence-electron chi connectivity index (χ3n) is 4.53. The molecule has 0 aliphatic rings. The van der Waals surface area contributed by atoms with E-state index in [0.717, 1.165) is 55.1 Å². The van der Waals surface area contributed by atoms with Crippen LogP contribution in [0, 0.1) is 11.8 Å². The van der Waals surface area contributed by atoms with Crippen molar-refractivity contribution in [3.05, 3.63) is 0 Å². The third-order valence-corrected chi connectivity index (χ3v) is 7.88. The normalized spacial score (nSPS) is 18.1. The first-order chi connectivity index (χ1) is 11.5. The van der Waals surface area contributed by atoms with Crippen molar-refractivity contribution in [2.45, 2.75) is 67.1 Å². The first-order valence-corrected chi connectivity index (χ1v) is 13.1. The fraction of sp³-hybridized carbons (Fsp3) is 1.00. The van der Waals surface area contributed by atoms with E-state index in [1.165, 1.54) is 19.3 Å². The van der Waals surface area contributed by atoms with Crippen LogP contribution in [0.25, 0.3) is 0 Å². The van der Waals surface area contributed by atoms with Gasteiger partial charge in [0.1, 0.15) is 0 Å². The zero-order valence-corrected chi connectivity index (χ0v) is 20.8. The predicted octanol–water partition coefficient (Wildman–Crippen LogP) is 5.95. The first kappa shape index (κ1) is 26.4. The highest BCUT2D eigenvalue weighted by molar-refractivity contribution is 7.82. The molecule has 0 amide bonds. The number of hydrogen-bond donors (Lipinski definition) is 7. The lowest BCUT2D eigenvalue weighted by molar-refractivity contribution is 0.410. The highest BCUT2D eigenvalue weighted by Gasteiger charge is 2.25. The van der Waals surface area contributed by atoms with Crippen molar-refractivity contribution in [1.29, 1.82) is 0 Å². The van der Waals surface area contributed by atoms with Crippen LogP contribution in [0.5, 0.6) is 0 Å². The Balaban J connectivity index is 4.35. The average Bonchev–Trinajstić information content (AvgIpc) is 2.57. The van der Waals surface area contributed by atoms with Crippen LogP contribution in [0.2, 0.25) is 0 Å². The molecule has 0 aromatic carbocycles. The molecule has 0 saturated heterocycles. The predicted molar refractivity (Wildman–Crippen MR) is 138 cm³/mol. The van der Waals surface area contributed by atoms with Crippen molar-refractivity contribution < 1.29 is 0 Å². The summed E-state index contributed by atoms with van der Waals surface area (Å²) in [7, 11) is 0. The molecule has 0 bridgehead atoms. The van der Waals surface area contributed by atoms with Crippen LogP contribution in [-0.2, 0) is 0 Å². The number of rotatable bonds is 16. The topological polar surface area (TPSA) is 0 Å². The van der Waals surface area contributed by atoms with Crippen LogP contribution < -0.4 is 0 Å². The fourth-order valence-electron chi connectivity index (χ4n) is 2.87. The number of hydrogen-bond acceptors (Lipinski definition) is 7. The van der Waals surface area contributed by atoms with E-state index in [-0.39, 0.29) is 0 Å². The maximum Gasteiger partial charge on any atom is 0.00565 e. The van der Waals surface area contributed by atoms with Crippen LogP contribution in [0.4, 0.5) is 0 Å². The van der Waals surface area contributed by atoms with Crippen LogP contribution >= 0.6 is 88.4 Å². The molecule has 0 nitrogen and oxygen atoms in total. The quantitative estimate of drug-likeness (QED) is 0.106. The number of unbranched alkanes of at least 4 members (excludes halogenated alkanes) is 2. The van der Waals surface area contributed by atoms with Gasteiger partial charge in [-0.3, -0.25) is 0 Å². The lowest BCUT2D eigenvalue weighted by atomic mass is 9.90. The molecule has 0 aliphatic carbocycles. The molecular formula is C17H36S7. The van der Waals surface area contributed by atoms with Gasteiger partial charge in [0.25, 0.3) is 0 Å². The minimum absolute atomic E-state index is 0.346. The number of thiol groups is 7. The van der Waals surface area contributed by atoms with Gasteiger partial charge in [-0.25, -0.2) is 0 Å². The van der Waals surface area contributed by atoms with Gasteiger partial charge in [-0.05, 0) is 73.4 Å². The molecule has 0 aromatic heterocycles. The van der Waals surface area contributed by atoms with Crippen molar-refractivity contribution in [2.75, 3.05) is 23.0 Å². The molecular weight excluding hydrogens is 429 g/mol. The Labute approximate surface area is 189 Å². The molecule has 5 unspecified atom stereocenters. The molecule has 0 N–H and O–H groups in total. The summed E-state index contributed by atoms with van der Waals surface area (Å²) in [6, 6.07) is 0. The van der Waals surface area contributed by atoms with E-state index in [0.29, 0.717) is 27.6 Å². The highest BCUT2D eigenvalue weighted by atomic mass is 32.1. The van der Waals surface area contributed by atoms with Crippen LogP contribution in [-0.4, -0.2) is 38.8 Å². The third kappa shape index (κ3) is 12.8. The molecule has 0 aromatic rings. The second-order valence-corrected chi connectivity index (χ2v) is 10.3. The van der Waals surface area contributed by atoms with E-state index in [9.17, 15) is 0 Å². The Hall–Kier alpha value is 2.45. The molecule has 0 heterocycles. The Morgan fingerprint density at radius 3 is 1.54 bits per heavy atom. The second-order valence-electron chi connectivity index (χ2n) is 6.58. The van der Waals surface area contributed by atoms with Crippen molar-refractivity contribution in [3.8, 4) is 0 Å². The molecule has 0 fully saturated rings. The van der Waals surface area contributed by atoms with E-state index >= 15 is 0 Å². The summed E-state index contributed by atoms with van der Waals surface area (Å²) in [6.45, 7) is 0. The smallest absolute Gasteiger partial charge is 0.00565 e. The SMILES string of the molecule is SCCCCC(S)CC(CS)C(S)CC(CS)C(S)CCCCS. The molecule has 7 heteroatoms. The summed E-state index contributed by atoms with van der Waals surface area (Å²) in [5, 5.41) is 1.19. The van der Waals surface area contributed by atoms with E-state index in [4.69, 9.17) is 37.9 Å². The molecule has 0 spiro atoms. The Bertz CT molecular complexity index is 278. The van der Waals surface area contributed by atoms with Gasteiger partial charge in [0, 0.05) is 15.7 Å². The van der Waals surface area contributed by atoms with Gasteiger partial charge >= 0.3 is 0 Å². The summed E-state index contributed by atoms with van der Waals surface area (Å²) in [4.78, 5) is 0. The summed E-state index contributed by atoms with van der Waals surface area (Å²) < 4.78 is 0. The maximum atomic E-state index is 4.91. The van der Waals surface area contributed by atoms with Crippen molar-refractivity contribution >= 4 is 88.4 Å². The second kappa shape index (κ2) is 17.5. The molecule has 0 aliphatic heterocycles. The minimum atomic E-state index is 0.346. The molecule has 0 radical (unpaired) electrons. The largest absolute Gasteiger partial charge is 0.179 e. The Morgan fingerprint density at radius 1 is 0.542 bits per heavy atom. The minimum Gasteiger partial charge on any atom is -0.179 e. The van der Waals surface area contributed by atoms with Gasteiger partial charge in [0.2, 0.25) is 0 Å². The average molecular weight is 465 g/mol. The molecule has 24 heavy (non-hydrogen) atoms. The van der Waals surface area contributed by atoms with Crippen molar-refractivity contribution in [3.63, 3.8) is 0 Å². The van der Waals surface area contributed by atoms with E-state index in [1.807, 2.05) is 0 Å². The van der Waals surface area contributed by atoms with Gasteiger partial charge in [-0.15, -0.1) is 0 Å².